The minimum Gasteiger partial charge on any atom is -0.467 e. The van der Waals surface area contributed by atoms with Crippen LogP contribution in [0.5, 0.6) is 0 Å². The number of methoxy groups -OCH3 is 1. The molecular weight excluding hydrogens is 663 g/mol. The number of carbonyl (C=O) groups excluding carboxylic acids is 2. The van der Waals surface area contributed by atoms with Crippen LogP contribution in [0.3, 0.4) is 0 Å². The summed E-state index contributed by atoms with van der Waals surface area (Å²) in [5.41, 5.74) is 7.23. The first kappa shape index (κ1) is 40.6. The molecule has 0 spiro atoms. The summed E-state index contributed by atoms with van der Waals surface area (Å²) in [6.07, 6.45) is 13.3. The first-order valence-corrected chi connectivity index (χ1v) is 21.5. The van der Waals surface area contributed by atoms with Crippen molar-refractivity contribution in [2.75, 3.05) is 59.5 Å². The molecule has 53 heavy (non-hydrogen) atoms. The van der Waals surface area contributed by atoms with E-state index in [-0.39, 0.29) is 17.4 Å². The molecule has 1 aromatic rings. The smallest absolute Gasteiger partial charge is 0.328 e. The van der Waals surface area contributed by atoms with E-state index in [1.165, 1.54) is 91.2 Å². The van der Waals surface area contributed by atoms with Gasteiger partial charge in [0.05, 0.1) is 13.2 Å². The zero-order valence-corrected chi connectivity index (χ0v) is 33.6. The SMILES string of the molecule is COC(=O)[C@H](Cc1ccccc1)NC(=O)CC[C@@H](C)[C@H]1CC[C@H]2[C@@H]3[C@H](O)C[C@@H]4C[C@@H](NCCCN5CCN(CCCN)CC5)CC[C@]4(C)[C@H]3CC[C@]12C. The van der Waals surface area contributed by atoms with Crippen molar-refractivity contribution in [3.8, 4) is 0 Å². The lowest BCUT2D eigenvalue weighted by Crippen LogP contribution is -2.59. The summed E-state index contributed by atoms with van der Waals surface area (Å²) < 4.78 is 5.03. The topological polar surface area (TPSA) is 120 Å². The number of amides is 1. The van der Waals surface area contributed by atoms with E-state index in [2.05, 4.69) is 41.2 Å². The number of rotatable bonds is 16. The van der Waals surface area contributed by atoms with Crippen LogP contribution in [0, 0.1) is 46.3 Å². The zero-order chi connectivity index (χ0) is 37.6. The molecule has 0 unspecified atom stereocenters. The van der Waals surface area contributed by atoms with E-state index in [9.17, 15) is 14.7 Å². The van der Waals surface area contributed by atoms with Crippen LogP contribution in [0.2, 0.25) is 0 Å². The molecule has 5 fully saturated rings. The van der Waals surface area contributed by atoms with Crippen molar-refractivity contribution in [3.63, 3.8) is 0 Å². The van der Waals surface area contributed by atoms with Crippen LogP contribution in [-0.4, -0.2) is 104 Å². The van der Waals surface area contributed by atoms with Gasteiger partial charge in [-0.15, -0.1) is 0 Å². The lowest BCUT2D eigenvalue weighted by Gasteiger charge is -2.62. The lowest BCUT2D eigenvalue weighted by atomic mass is 9.43. The van der Waals surface area contributed by atoms with E-state index in [4.69, 9.17) is 10.5 Å². The number of nitrogens with one attached hydrogen (secondary N) is 2. The van der Waals surface area contributed by atoms with E-state index in [1.54, 1.807) is 0 Å². The second kappa shape index (κ2) is 18.3. The maximum Gasteiger partial charge on any atom is 0.328 e. The summed E-state index contributed by atoms with van der Waals surface area (Å²) in [6, 6.07) is 9.68. The van der Waals surface area contributed by atoms with Gasteiger partial charge in [0.2, 0.25) is 5.91 Å². The number of carbonyl (C=O) groups is 2. The van der Waals surface area contributed by atoms with Gasteiger partial charge in [-0.3, -0.25) is 4.79 Å². The van der Waals surface area contributed by atoms with Crippen molar-refractivity contribution in [2.24, 2.45) is 52.1 Å². The Morgan fingerprint density at radius 3 is 2.32 bits per heavy atom. The number of benzene rings is 1. The molecule has 9 nitrogen and oxygen atoms in total. The summed E-state index contributed by atoms with van der Waals surface area (Å²) in [6.45, 7) is 16.4. The number of hydrogen-bond donors (Lipinski definition) is 4. The molecule has 298 valence electrons. The number of nitrogens with zero attached hydrogens (tertiary/aromatic N) is 2. The molecule has 5 N–H and O–H groups in total. The van der Waals surface area contributed by atoms with E-state index in [0.717, 1.165) is 44.5 Å². The van der Waals surface area contributed by atoms with E-state index in [1.807, 2.05) is 30.3 Å². The molecule has 11 atom stereocenters. The predicted octanol–water partition coefficient (Wildman–Crippen LogP) is 5.25. The van der Waals surface area contributed by atoms with Crippen LogP contribution in [0.4, 0.5) is 0 Å². The Bertz CT molecular complexity index is 1320. The van der Waals surface area contributed by atoms with Crippen molar-refractivity contribution >= 4 is 11.9 Å². The monoisotopic (exact) mass is 736 g/mol. The van der Waals surface area contributed by atoms with Crippen molar-refractivity contribution < 1.29 is 19.4 Å². The average Bonchev–Trinajstić information content (AvgIpc) is 3.52. The quantitative estimate of drug-likeness (QED) is 0.134. The second-order valence-corrected chi connectivity index (χ2v) is 18.5. The average molecular weight is 736 g/mol. The van der Waals surface area contributed by atoms with E-state index in [0.29, 0.717) is 59.8 Å². The molecule has 0 aromatic heterocycles. The molecule has 4 aliphatic carbocycles. The molecular formula is C44H73N5O4. The summed E-state index contributed by atoms with van der Waals surface area (Å²) in [5.74, 6) is 2.65. The van der Waals surface area contributed by atoms with Crippen molar-refractivity contribution in [2.45, 2.75) is 122 Å². The van der Waals surface area contributed by atoms with Crippen LogP contribution in [0.1, 0.15) is 103 Å². The maximum absolute atomic E-state index is 13.2. The third kappa shape index (κ3) is 9.33. The van der Waals surface area contributed by atoms with Gasteiger partial charge in [-0.1, -0.05) is 51.1 Å². The molecule has 9 heteroatoms. The number of aliphatic hydroxyl groups is 1. The van der Waals surface area contributed by atoms with Gasteiger partial charge in [-0.05, 0) is 149 Å². The third-order valence-electron chi connectivity index (χ3n) is 15.6. The summed E-state index contributed by atoms with van der Waals surface area (Å²) in [7, 11) is 1.38. The van der Waals surface area contributed by atoms with Gasteiger partial charge in [-0.2, -0.15) is 0 Å². The third-order valence-corrected chi connectivity index (χ3v) is 15.6. The Labute approximate surface area is 320 Å². The Hall–Kier alpha value is -2.04. The zero-order valence-electron chi connectivity index (χ0n) is 33.6. The van der Waals surface area contributed by atoms with Gasteiger partial charge < -0.3 is 36.0 Å². The Kier molecular flexibility index (Phi) is 14.0. The van der Waals surface area contributed by atoms with Gasteiger partial charge in [-0.25, -0.2) is 4.79 Å². The molecule has 6 rings (SSSR count). The molecule has 0 bridgehead atoms. The van der Waals surface area contributed by atoms with Crippen LogP contribution >= 0.6 is 0 Å². The molecule has 1 aliphatic heterocycles. The number of esters is 1. The highest BCUT2D eigenvalue weighted by Gasteiger charge is 2.62. The van der Waals surface area contributed by atoms with Crippen molar-refractivity contribution in [1.82, 2.24) is 20.4 Å². The van der Waals surface area contributed by atoms with Crippen LogP contribution < -0.4 is 16.4 Å². The molecule has 5 aliphatic rings. The number of hydrogen-bond acceptors (Lipinski definition) is 8. The normalized spacial score (nSPS) is 35.8. The number of ether oxygens (including phenoxy) is 1. The second-order valence-electron chi connectivity index (χ2n) is 18.5. The molecule has 1 aromatic carbocycles. The van der Waals surface area contributed by atoms with Crippen LogP contribution in [-0.2, 0) is 20.7 Å². The van der Waals surface area contributed by atoms with Gasteiger partial charge in [0.15, 0.2) is 0 Å². The van der Waals surface area contributed by atoms with Crippen molar-refractivity contribution in [1.29, 1.82) is 0 Å². The fraction of sp³-hybridized carbons (Fsp3) is 0.818. The molecule has 0 radical (unpaired) electrons. The Morgan fingerprint density at radius 1 is 0.943 bits per heavy atom. The van der Waals surface area contributed by atoms with E-state index < -0.39 is 12.0 Å². The van der Waals surface area contributed by atoms with Gasteiger partial charge in [0.25, 0.3) is 0 Å². The highest BCUT2D eigenvalue weighted by atomic mass is 16.5. The van der Waals surface area contributed by atoms with Gasteiger partial charge in [0.1, 0.15) is 6.04 Å². The Morgan fingerprint density at radius 2 is 1.62 bits per heavy atom. The highest BCUT2D eigenvalue weighted by Crippen LogP contribution is 2.68. The minimum atomic E-state index is -0.679. The standard InChI is InChI=1S/C44H73N5O4/c1-31(12-15-40(51)47-38(42(52)53-4)28-32-10-6-5-7-11-32)35-13-14-36-41-37(17-19-44(35,36)3)43(2)18-16-34(29-33(43)30-39(41)50)46-21-9-23-49-26-24-48(25-27-49)22-8-20-45/h5-7,10-11,31,33-39,41,46,50H,8-9,12-30,45H2,1-4H3,(H,47,51)/t31-,33+,34+,35-,36+,37+,38+,39-,41+,43+,44-/m1/s1. The summed E-state index contributed by atoms with van der Waals surface area (Å²) in [5, 5.41) is 18.9. The number of aliphatic hydroxyl groups excluding tert-OH is 1. The first-order valence-electron chi connectivity index (χ1n) is 21.5. The highest BCUT2D eigenvalue weighted by molar-refractivity contribution is 5.84. The Balaban J connectivity index is 0.967. The predicted molar refractivity (Wildman–Crippen MR) is 212 cm³/mol. The molecule has 1 saturated heterocycles. The van der Waals surface area contributed by atoms with Crippen LogP contribution in [0.25, 0.3) is 0 Å². The maximum atomic E-state index is 13.2. The largest absolute Gasteiger partial charge is 0.467 e. The summed E-state index contributed by atoms with van der Waals surface area (Å²) >= 11 is 0. The lowest BCUT2D eigenvalue weighted by molar-refractivity contribution is -0.167. The van der Waals surface area contributed by atoms with Gasteiger partial charge in [0, 0.05) is 45.1 Å². The van der Waals surface area contributed by atoms with E-state index >= 15 is 0 Å². The number of fused-ring (bicyclic) bond motifs is 5. The number of piperazine rings is 1. The van der Waals surface area contributed by atoms with Crippen molar-refractivity contribution in [3.05, 3.63) is 35.9 Å². The molecule has 1 heterocycles. The fourth-order valence-electron chi connectivity index (χ4n) is 12.6. The molecule has 4 saturated carbocycles. The van der Waals surface area contributed by atoms with Crippen LogP contribution in [0.15, 0.2) is 30.3 Å². The fourth-order valence-corrected chi connectivity index (χ4v) is 12.6. The number of nitrogens with two attached hydrogens (primary N) is 1. The molecule has 1 amide bonds. The minimum absolute atomic E-state index is 0.0777. The van der Waals surface area contributed by atoms with Gasteiger partial charge >= 0.3 is 5.97 Å². The summed E-state index contributed by atoms with van der Waals surface area (Å²) in [4.78, 5) is 30.9. The first-order chi connectivity index (χ1) is 25.6.